The molecule has 2 aromatic rings. The van der Waals surface area contributed by atoms with Gasteiger partial charge < -0.3 is 5.32 Å². The van der Waals surface area contributed by atoms with Crippen LogP contribution in [0.4, 0.5) is 5.00 Å². The first-order valence-electron chi connectivity index (χ1n) is 9.05. The Bertz CT molecular complexity index is 849. The third kappa shape index (κ3) is 4.14. The molecule has 0 saturated heterocycles. The Labute approximate surface area is 159 Å². The normalized spacial score (nSPS) is 16.2. The Morgan fingerprint density at radius 2 is 2.19 bits per heavy atom. The van der Waals surface area contributed by atoms with Gasteiger partial charge in [-0.2, -0.15) is 5.26 Å². The van der Waals surface area contributed by atoms with E-state index in [-0.39, 0.29) is 5.91 Å². The van der Waals surface area contributed by atoms with Crippen molar-refractivity contribution in [2.45, 2.75) is 39.7 Å². The van der Waals surface area contributed by atoms with E-state index in [4.69, 9.17) is 0 Å². The Balaban J connectivity index is 1.65. The molecule has 1 aromatic heterocycles. The lowest BCUT2D eigenvalue weighted by atomic mass is 9.89. The van der Waals surface area contributed by atoms with Crippen LogP contribution < -0.4 is 5.32 Å². The summed E-state index contributed by atoms with van der Waals surface area (Å²) in [5.41, 5.74) is 4.28. The van der Waals surface area contributed by atoms with Crippen LogP contribution in [0.15, 0.2) is 24.3 Å². The lowest BCUT2D eigenvalue weighted by Gasteiger charge is -2.17. The number of benzene rings is 1. The molecule has 1 aliphatic rings. The summed E-state index contributed by atoms with van der Waals surface area (Å²) in [5.74, 6) is 0.584. The highest BCUT2D eigenvalue weighted by Crippen LogP contribution is 2.39. The first-order chi connectivity index (χ1) is 12.5. The third-order valence-corrected chi connectivity index (χ3v) is 6.16. The SMILES string of the molecule is Cc1ccccc1CN(C)CC(=O)Nc1sc2c(c1C#N)CC[C@H](C)C2. The maximum Gasteiger partial charge on any atom is 0.239 e. The minimum Gasteiger partial charge on any atom is -0.315 e. The van der Waals surface area contributed by atoms with Crippen LogP contribution in [0.5, 0.6) is 0 Å². The number of anilines is 1. The largest absolute Gasteiger partial charge is 0.315 e. The number of hydrogen-bond donors (Lipinski definition) is 1. The van der Waals surface area contributed by atoms with Crippen LogP contribution >= 0.6 is 11.3 Å². The molecule has 3 rings (SSSR count). The van der Waals surface area contributed by atoms with Crippen molar-refractivity contribution < 1.29 is 4.79 Å². The topological polar surface area (TPSA) is 56.1 Å². The minimum atomic E-state index is -0.0655. The molecule has 0 radical (unpaired) electrons. The summed E-state index contributed by atoms with van der Waals surface area (Å²) >= 11 is 1.58. The van der Waals surface area contributed by atoms with Crippen LogP contribution in [0.2, 0.25) is 0 Å². The average molecular weight is 368 g/mol. The Kier molecular flexibility index (Phi) is 5.75. The molecule has 1 atom stereocenters. The van der Waals surface area contributed by atoms with Gasteiger partial charge in [0.05, 0.1) is 12.1 Å². The van der Waals surface area contributed by atoms with Crippen molar-refractivity contribution in [1.29, 1.82) is 5.26 Å². The molecular formula is C21H25N3OS. The highest BCUT2D eigenvalue weighted by Gasteiger charge is 2.24. The quantitative estimate of drug-likeness (QED) is 0.865. The number of nitrogens with one attached hydrogen (secondary N) is 1. The molecule has 1 aliphatic carbocycles. The summed E-state index contributed by atoms with van der Waals surface area (Å²) in [6.45, 7) is 5.36. The molecule has 26 heavy (non-hydrogen) atoms. The zero-order chi connectivity index (χ0) is 18.7. The number of fused-ring (bicyclic) bond motifs is 1. The highest BCUT2D eigenvalue weighted by atomic mass is 32.1. The zero-order valence-corrected chi connectivity index (χ0v) is 16.4. The number of rotatable bonds is 5. The molecule has 1 N–H and O–H groups in total. The van der Waals surface area contributed by atoms with Crippen molar-refractivity contribution in [2.75, 3.05) is 18.9 Å². The maximum atomic E-state index is 12.5. The van der Waals surface area contributed by atoms with Gasteiger partial charge in [0.25, 0.3) is 0 Å². The van der Waals surface area contributed by atoms with Gasteiger partial charge in [0.1, 0.15) is 11.1 Å². The number of likely N-dealkylation sites (N-methyl/N-ethyl adjacent to an activating group) is 1. The molecule has 0 spiro atoms. The van der Waals surface area contributed by atoms with E-state index in [0.29, 0.717) is 18.0 Å². The lowest BCUT2D eigenvalue weighted by Crippen LogP contribution is -2.30. The van der Waals surface area contributed by atoms with Crippen molar-refractivity contribution >= 4 is 22.2 Å². The molecule has 1 amide bonds. The number of aryl methyl sites for hydroxylation is 1. The summed E-state index contributed by atoms with van der Waals surface area (Å²) in [6, 6.07) is 10.5. The van der Waals surface area contributed by atoms with E-state index in [1.54, 1.807) is 11.3 Å². The van der Waals surface area contributed by atoms with Gasteiger partial charge in [0, 0.05) is 11.4 Å². The Morgan fingerprint density at radius 3 is 2.92 bits per heavy atom. The molecule has 0 unspecified atom stereocenters. The molecule has 1 heterocycles. The number of nitrogens with zero attached hydrogens (tertiary/aromatic N) is 2. The fraction of sp³-hybridized carbons (Fsp3) is 0.429. The molecule has 0 saturated carbocycles. The predicted octanol–water partition coefficient (Wildman–Crippen LogP) is 4.12. The summed E-state index contributed by atoms with van der Waals surface area (Å²) in [6.07, 6.45) is 3.07. The van der Waals surface area contributed by atoms with Crippen LogP contribution in [0.1, 0.15) is 40.5 Å². The number of hydrogen-bond acceptors (Lipinski definition) is 4. The van der Waals surface area contributed by atoms with Gasteiger partial charge in [-0.1, -0.05) is 31.2 Å². The highest BCUT2D eigenvalue weighted by molar-refractivity contribution is 7.16. The maximum absolute atomic E-state index is 12.5. The molecule has 0 fully saturated rings. The number of nitriles is 1. The van der Waals surface area contributed by atoms with E-state index in [9.17, 15) is 10.1 Å². The standard InChI is InChI=1S/C21H25N3OS/c1-14-8-9-17-18(11-22)21(26-19(17)10-14)23-20(25)13-24(3)12-16-7-5-4-6-15(16)2/h4-7,14H,8-10,12-13H2,1-3H3,(H,23,25)/t14-/m0/s1. The number of thiophene rings is 1. The predicted molar refractivity (Wildman–Crippen MR) is 106 cm³/mol. The lowest BCUT2D eigenvalue weighted by molar-refractivity contribution is -0.117. The number of amides is 1. The molecular weight excluding hydrogens is 342 g/mol. The van der Waals surface area contributed by atoms with Crippen LogP contribution in [-0.4, -0.2) is 24.4 Å². The number of carbonyl (C=O) groups is 1. The fourth-order valence-electron chi connectivity index (χ4n) is 3.50. The van der Waals surface area contributed by atoms with Gasteiger partial charge in [-0.15, -0.1) is 11.3 Å². The van der Waals surface area contributed by atoms with Gasteiger partial charge in [0.15, 0.2) is 0 Å². The second kappa shape index (κ2) is 8.03. The molecule has 0 aliphatic heterocycles. The second-order valence-electron chi connectivity index (χ2n) is 7.31. The Morgan fingerprint density at radius 1 is 1.42 bits per heavy atom. The van der Waals surface area contributed by atoms with Crippen LogP contribution in [-0.2, 0) is 24.2 Å². The van der Waals surface area contributed by atoms with Gasteiger partial charge in [-0.3, -0.25) is 9.69 Å². The number of carbonyl (C=O) groups excluding carboxylic acids is 1. The molecule has 1 aromatic carbocycles. The summed E-state index contributed by atoms with van der Waals surface area (Å²) < 4.78 is 0. The van der Waals surface area contributed by atoms with Crippen molar-refractivity contribution in [3.05, 3.63) is 51.4 Å². The van der Waals surface area contributed by atoms with E-state index < -0.39 is 0 Å². The first kappa shape index (κ1) is 18.6. The van der Waals surface area contributed by atoms with E-state index in [2.05, 4.69) is 37.4 Å². The van der Waals surface area contributed by atoms with Crippen molar-refractivity contribution in [3.8, 4) is 6.07 Å². The van der Waals surface area contributed by atoms with Crippen LogP contribution in [0.25, 0.3) is 0 Å². The first-order valence-corrected chi connectivity index (χ1v) is 9.87. The van der Waals surface area contributed by atoms with Gasteiger partial charge in [-0.05, 0) is 55.8 Å². The van der Waals surface area contributed by atoms with Gasteiger partial charge in [-0.25, -0.2) is 0 Å². The fourth-order valence-corrected chi connectivity index (χ4v) is 4.88. The van der Waals surface area contributed by atoms with E-state index in [1.165, 1.54) is 16.0 Å². The van der Waals surface area contributed by atoms with Crippen molar-refractivity contribution in [3.63, 3.8) is 0 Å². The summed E-state index contributed by atoms with van der Waals surface area (Å²) in [7, 11) is 1.94. The van der Waals surface area contributed by atoms with Crippen LogP contribution in [0.3, 0.4) is 0 Å². The average Bonchev–Trinajstić information content (AvgIpc) is 2.92. The minimum absolute atomic E-state index is 0.0655. The smallest absolute Gasteiger partial charge is 0.239 e. The summed E-state index contributed by atoms with van der Waals surface area (Å²) in [5, 5.41) is 13.2. The van der Waals surface area contributed by atoms with E-state index in [0.717, 1.165) is 36.4 Å². The molecule has 0 bridgehead atoms. The summed E-state index contributed by atoms with van der Waals surface area (Å²) in [4.78, 5) is 15.8. The van der Waals surface area contributed by atoms with Crippen molar-refractivity contribution in [1.82, 2.24) is 4.90 Å². The second-order valence-corrected chi connectivity index (χ2v) is 8.42. The molecule has 4 nitrogen and oxygen atoms in total. The van der Waals surface area contributed by atoms with E-state index >= 15 is 0 Å². The zero-order valence-electron chi connectivity index (χ0n) is 15.6. The molecule has 5 heteroatoms. The third-order valence-electron chi connectivity index (χ3n) is 4.99. The van der Waals surface area contributed by atoms with Crippen molar-refractivity contribution in [2.24, 2.45) is 5.92 Å². The Hall–Kier alpha value is -2.16. The van der Waals surface area contributed by atoms with Gasteiger partial charge in [0.2, 0.25) is 5.91 Å². The van der Waals surface area contributed by atoms with Crippen LogP contribution in [0, 0.1) is 24.2 Å². The van der Waals surface area contributed by atoms with Gasteiger partial charge >= 0.3 is 0 Å². The van der Waals surface area contributed by atoms with E-state index in [1.807, 2.05) is 24.1 Å². The monoisotopic (exact) mass is 367 g/mol. The molecule has 136 valence electrons.